The number of hydrogen-bond acceptors (Lipinski definition) is 4. The Kier molecular flexibility index (Phi) is 10.0. The summed E-state index contributed by atoms with van der Waals surface area (Å²) in [5, 5.41) is 12.3. The molecule has 2 N–H and O–H groups in total. The maximum Gasteiger partial charge on any atom is 0.326 e. The molecule has 1 aliphatic heterocycles. The van der Waals surface area contributed by atoms with Gasteiger partial charge in [0.1, 0.15) is 24.2 Å². The Morgan fingerprint density at radius 1 is 0.950 bits per heavy atom. The van der Waals surface area contributed by atoms with Crippen molar-refractivity contribution in [3.05, 3.63) is 107 Å². The van der Waals surface area contributed by atoms with Crippen LogP contribution in [0.2, 0.25) is 0 Å². The zero-order valence-corrected chi connectivity index (χ0v) is 22.2. The van der Waals surface area contributed by atoms with Gasteiger partial charge in [0.05, 0.1) is 0 Å². The van der Waals surface area contributed by atoms with Crippen LogP contribution in [-0.4, -0.2) is 46.9 Å². The summed E-state index contributed by atoms with van der Waals surface area (Å²) < 4.78 is 18.8. The van der Waals surface area contributed by atoms with E-state index in [9.17, 15) is 23.9 Å². The highest BCUT2D eigenvalue weighted by atomic mass is 19.1. The van der Waals surface area contributed by atoms with Gasteiger partial charge in [-0.05, 0) is 65.8 Å². The lowest BCUT2D eigenvalue weighted by molar-refractivity contribution is -0.142. The minimum absolute atomic E-state index is 0.0700. The fourth-order valence-electron chi connectivity index (χ4n) is 4.62. The monoisotopic (exact) mass is 544 g/mol. The fourth-order valence-corrected chi connectivity index (χ4v) is 4.62. The third kappa shape index (κ3) is 8.80. The summed E-state index contributed by atoms with van der Waals surface area (Å²) in [6.07, 6.45) is 4.81. The number of benzene rings is 3. The number of carboxylic acids is 1. The van der Waals surface area contributed by atoms with Crippen LogP contribution in [0.3, 0.4) is 0 Å². The number of hydrogen-bond donors (Lipinski definition) is 2. The van der Waals surface area contributed by atoms with Gasteiger partial charge in [0, 0.05) is 32.0 Å². The van der Waals surface area contributed by atoms with Crippen LogP contribution in [0.15, 0.2) is 84.9 Å². The molecule has 0 saturated carbocycles. The average molecular weight is 545 g/mol. The van der Waals surface area contributed by atoms with Crippen molar-refractivity contribution in [2.45, 2.75) is 38.3 Å². The number of halogens is 1. The van der Waals surface area contributed by atoms with Gasteiger partial charge in [-0.2, -0.15) is 0 Å². The molecule has 1 fully saturated rings. The van der Waals surface area contributed by atoms with Crippen LogP contribution in [0, 0.1) is 11.7 Å². The van der Waals surface area contributed by atoms with E-state index in [2.05, 4.69) is 5.32 Å². The standard InChI is InChI=1S/C32H33FN2O5/c33-27-11-6-23(7-12-27)10-15-31(37)35-18-16-25(17-19-35)21-30(36)34-29(32(38)39)20-24-8-13-28(14-9-24)40-22-26-4-2-1-3-5-26/h1-15,25,29H,16-22H2,(H,34,36)(H,38,39)/b15-10+/t29-/m0/s1. The maximum absolute atomic E-state index is 13.0. The number of rotatable bonds is 11. The van der Waals surface area contributed by atoms with Crippen molar-refractivity contribution in [3.8, 4) is 5.75 Å². The summed E-state index contributed by atoms with van der Waals surface area (Å²) in [5.41, 5.74) is 2.57. The summed E-state index contributed by atoms with van der Waals surface area (Å²) in [7, 11) is 0. The zero-order chi connectivity index (χ0) is 28.3. The van der Waals surface area contributed by atoms with Crippen LogP contribution in [0.5, 0.6) is 5.75 Å². The van der Waals surface area contributed by atoms with Crippen molar-refractivity contribution in [3.63, 3.8) is 0 Å². The Bertz CT molecular complexity index is 1300. The largest absolute Gasteiger partial charge is 0.489 e. The van der Waals surface area contributed by atoms with Gasteiger partial charge in [-0.25, -0.2) is 9.18 Å². The summed E-state index contributed by atoms with van der Waals surface area (Å²) in [5.74, 6) is -1.11. The summed E-state index contributed by atoms with van der Waals surface area (Å²) in [4.78, 5) is 38.7. The molecule has 40 heavy (non-hydrogen) atoms. The van der Waals surface area contributed by atoms with E-state index in [0.29, 0.717) is 38.3 Å². The Morgan fingerprint density at radius 3 is 2.27 bits per heavy atom. The first-order valence-electron chi connectivity index (χ1n) is 13.4. The Balaban J connectivity index is 1.20. The van der Waals surface area contributed by atoms with Gasteiger partial charge >= 0.3 is 5.97 Å². The second-order valence-corrected chi connectivity index (χ2v) is 9.94. The van der Waals surface area contributed by atoms with Crippen molar-refractivity contribution in [2.75, 3.05) is 13.1 Å². The number of nitrogens with one attached hydrogen (secondary N) is 1. The van der Waals surface area contributed by atoms with Crippen LogP contribution in [0.1, 0.15) is 36.0 Å². The number of aliphatic carboxylic acids is 1. The van der Waals surface area contributed by atoms with Gasteiger partial charge in [0.15, 0.2) is 0 Å². The number of amides is 2. The molecule has 4 rings (SSSR count). The normalized spacial score (nSPS) is 14.6. The predicted octanol–water partition coefficient (Wildman–Crippen LogP) is 4.86. The molecule has 0 unspecified atom stereocenters. The molecule has 8 heteroatoms. The van der Waals surface area contributed by atoms with E-state index < -0.39 is 12.0 Å². The van der Waals surface area contributed by atoms with E-state index in [-0.39, 0.29) is 36.4 Å². The molecule has 1 aliphatic rings. The number of piperidine rings is 1. The smallest absolute Gasteiger partial charge is 0.326 e. The molecule has 2 amide bonds. The van der Waals surface area contributed by atoms with Gasteiger partial charge in [-0.1, -0.05) is 54.6 Å². The predicted molar refractivity (Wildman–Crippen MR) is 150 cm³/mol. The van der Waals surface area contributed by atoms with Crippen molar-refractivity contribution < 1.29 is 28.6 Å². The molecule has 3 aromatic carbocycles. The quantitative estimate of drug-likeness (QED) is 0.336. The molecule has 0 aliphatic carbocycles. The number of carboxylic acid groups (broad SMARTS) is 1. The molecule has 1 heterocycles. The number of nitrogens with zero attached hydrogens (tertiary/aromatic N) is 1. The molecule has 1 atom stereocenters. The minimum atomic E-state index is -1.09. The average Bonchev–Trinajstić information content (AvgIpc) is 2.97. The number of ether oxygens (including phenoxy) is 1. The maximum atomic E-state index is 13.0. The van der Waals surface area contributed by atoms with E-state index in [1.54, 1.807) is 47.4 Å². The minimum Gasteiger partial charge on any atom is -0.489 e. The number of likely N-dealkylation sites (tertiary alicyclic amines) is 1. The van der Waals surface area contributed by atoms with Crippen LogP contribution >= 0.6 is 0 Å². The van der Waals surface area contributed by atoms with Crippen molar-refractivity contribution in [1.82, 2.24) is 10.2 Å². The molecule has 1 saturated heterocycles. The van der Waals surface area contributed by atoms with Gasteiger partial charge < -0.3 is 20.1 Å². The first-order valence-corrected chi connectivity index (χ1v) is 13.4. The Hall–Kier alpha value is -4.46. The SMILES string of the molecule is O=C(CC1CCN(C(=O)/C=C/c2ccc(F)cc2)CC1)N[C@@H](Cc1ccc(OCc2ccccc2)cc1)C(=O)O. The van der Waals surface area contributed by atoms with E-state index in [1.165, 1.54) is 18.2 Å². The van der Waals surface area contributed by atoms with E-state index in [0.717, 1.165) is 16.7 Å². The summed E-state index contributed by atoms with van der Waals surface area (Å²) >= 11 is 0. The highest BCUT2D eigenvalue weighted by Crippen LogP contribution is 2.21. The fraction of sp³-hybridized carbons (Fsp3) is 0.281. The highest BCUT2D eigenvalue weighted by Gasteiger charge is 2.26. The number of carbonyl (C=O) groups is 3. The van der Waals surface area contributed by atoms with E-state index in [1.807, 2.05) is 30.3 Å². The Morgan fingerprint density at radius 2 is 1.62 bits per heavy atom. The Labute approximate surface area is 233 Å². The summed E-state index contributed by atoms with van der Waals surface area (Å²) in [6.45, 7) is 1.48. The second-order valence-electron chi connectivity index (χ2n) is 9.94. The van der Waals surface area contributed by atoms with Crippen LogP contribution in [0.4, 0.5) is 4.39 Å². The van der Waals surface area contributed by atoms with Crippen LogP contribution in [0.25, 0.3) is 6.08 Å². The highest BCUT2D eigenvalue weighted by molar-refractivity contribution is 5.91. The van der Waals surface area contributed by atoms with E-state index >= 15 is 0 Å². The molecular formula is C32H33FN2O5. The van der Waals surface area contributed by atoms with Gasteiger partial charge in [-0.3, -0.25) is 9.59 Å². The first-order chi connectivity index (χ1) is 19.4. The molecule has 0 radical (unpaired) electrons. The third-order valence-corrected chi connectivity index (χ3v) is 6.93. The van der Waals surface area contributed by atoms with Crippen molar-refractivity contribution in [2.24, 2.45) is 5.92 Å². The molecule has 3 aromatic rings. The lowest BCUT2D eigenvalue weighted by Gasteiger charge is -2.31. The third-order valence-electron chi connectivity index (χ3n) is 6.93. The van der Waals surface area contributed by atoms with Crippen LogP contribution in [-0.2, 0) is 27.4 Å². The van der Waals surface area contributed by atoms with E-state index in [4.69, 9.17) is 4.74 Å². The molecule has 0 aromatic heterocycles. The lowest BCUT2D eigenvalue weighted by atomic mass is 9.93. The molecule has 7 nitrogen and oxygen atoms in total. The molecule has 0 spiro atoms. The second kappa shape index (κ2) is 14.1. The molecule has 0 bridgehead atoms. The molecular weight excluding hydrogens is 511 g/mol. The van der Waals surface area contributed by atoms with Crippen molar-refractivity contribution in [1.29, 1.82) is 0 Å². The van der Waals surface area contributed by atoms with Gasteiger partial charge in [0.2, 0.25) is 11.8 Å². The van der Waals surface area contributed by atoms with Crippen molar-refractivity contribution >= 4 is 23.9 Å². The first kappa shape index (κ1) is 28.5. The summed E-state index contributed by atoms with van der Waals surface area (Å²) in [6, 6.07) is 21.8. The van der Waals surface area contributed by atoms with Crippen LogP contribution < -0.4 is 10.1 Å². The zero-order valence-electron chi connectivity index (χ0n) is 22.2. The topological polar surface area (TPSA) is 95.9 Å². The van der Waals surface area contributed by atoms with Gasteiger partial charge in [0.25, 0.3) is 0 Å². The van der Waals surface area contributed by atoms with Gasteiger partial charge in [-0.15, -0.1) is 0 Å². The lowest BCUT2D eigenvalue weighted by Crippen LogP contribution is -2.44. The number of carbonyl (C=O) groups excluding carboxylic acids is 2. The molecule has 208 valence electrons.